The quantitative estimate of drug-likeness (QED) is 0.449. The molecule has 184 valence electrons. The molecule has 0 saturated carbocycles. The highest BCUT2D eigenvalue weighted by molar-refractivity contribution is 7.16. The molecule has 2 aliphatic heterocycles. The van der Waals surface area contributed by atoms with Crippen molar-refractivity contribution in [2.75, 3.05) is 44.1 Å². The zero-order valence-corrected chi connectivity index (χ0v) is 20.4. The number of benzene rings is 1. The van der Waals surface area contributed by atoms with E-state index >= 15 is 0 Å². The number of hydrogen-bond donors (Lipinski definition) is 3. The number of methoxy groups -OCH3 is 2. The Labute approximate surface area is 206 Å². The van der Waals surface area contributed by atoms with Gasteiger partial charge in [0.25, 0.3) is 0 Å². The Morgan fingerprint density at radius 2 is 2.09 bits per heavy atom. The molecule has 3 N–H and O–H groups in total. The molecule has 12 heteroatoms. The summed E-state index contributed by atoms with van der Waals surface area (Å²) in [6.45, 7) is 1.75. The van der Waals surface area contributed by atoms with Crippen molar-refractivity contribution in [3.05, 3.63) is 23.7 Å². The summed E-state index contributed by atoms with van der Waals surface area (Å²) in [7, 11) is 3.18. The van der Waals surface area contributed by atoms with E-state index in [1.54, 1.807) is 19.7 Å². The lowest BCUT2D eigenvalue weighted by molar-refractivity contribution is -0.125. The molecule has 0 bridgehead atoms. The Hall–Kier alpha value is -3.67. The fourth-order valence-corrected chi connectivity index (χ4v) is 5.08. The number of hydrogen-bond acceptors (Lipinski definition) is 10. The van der Waals surface area contributed by atoms with E-state index in [2.05, 4.69) is 20.9 Å². The first-order valence-corrected chi connectivity index (χ1v) is 12.3. The van der Waals surface area contributed by atoms with Crippen LogP contribution in [0.25, 0.3) is 10.3 Å². The van der Waals surface area contributed by atoms with E-state index in [1.165, 1.54) is 11.3 Å². The van der Waals surface area contributed by atoms with Crippen LogP contribution in [-0.2, 0) is 9.59 Å². The standard InChI is InChI=1S/C23H27N7O4S/c1-33-16-6-5-14(8-17(16)34-2)26-20-19-22(35-12-25-19)29-23(28-20)30-7-3-4-13(11-30)21(32)27-15-9-18(31)24-10-15/h5-6,8,12-13,15H,3-4,7,9-11H2,1-2H3,(H,24,31)(H,27,32)(H,26,28,29). The number of anilines is 3. The Balaban J connectivity index is 1.36. The SMILES string of the molecule is COc1ccc(Nc2nc(N3CCCC(C(=O)NC4CNC(=O)C4)C3)nc3scnc23)cc1OC. The van der Waals surface area contributed by atoms with Crippen molar-refractivity contribution in [2.45, 2.75) is 25.3 Å². The van der Waals surface area contributed by atoms with Crippen LogP contribution in [0, 0.1) is 5.92 Å². The molecule has 2 unspecified atom stereocenters. The number of rotatable bonds is 7. The minimum absolute atomic E-state index is 0.0265. The van der Waals surface area contributed by atoms with Gasteiger partial charge in [-0.3, -0.25) is 9.59 Å². The van der Waals surface area contributed by atoms with Gasteiger partial charge < -0.3 is 30.3 Å². The number of ether oxygens (including phenoxy) is 2. The molecule has 0 aliphatic carbocycles. The Bertz CT molecular complexity index is 1250. The molecule has 0 radical (unpaired) electrons. The molecule has 2 amide bonds. The smallest absolute Gasteiger partial charge is 0.228 e. The fraction of sp³-hybridized carbons (Fsp3) is 0.435. The average Bonchev–Trinajstić information content (AvgIpc) is 3.52. The topological polar surface area (TPSA) is 131 Å². The van der Waals surface area contributed by atoms with Gasteiger partial charge in [0.15, 0.2) is 22.1 Å². The predicted octanol–water partition coefficient (Wildman–Crippen LogP) is 2.07. The third-order valence-corrected chi connectivity index (χ3v) is 6.95. The number of amides is 2. The van der Waals surface area contributed by atoms with E-state index in [-0.39, 0.29) is 23.8 Å². The highest BCUT2D eigenvalue weighted by Crippen LogP contribution is 2.33. The second-order valence-corrected chi connectivity index (χ2v) is 9.41. The van der Waals surface area contributed by atoms with Crippen molar-refractivity contribution in [2.24, 2.45) is 5.92 Å². The number of carbonyl (C=O) groups excluding carboxylic acids is 2. The molecule has 5 rings (SSSR count). The number of aromatic nitrogens is 3. The van der Waals surface area contributed by atoms with Gasteiger partial charge in [-0.15, -0.1) is 11.3 Å². The van der Waals surface area contributed by atoms with Crippen LogP contribution in [0.4, 0.5) is 17.5 Å². The summed E-state index contributed by atoms with van der Waals surface area (Å²) in [5, 5.41) is 9.10. The van der Waals surface area contributed by atoms with Crippen LogP contribution in [0.15, 0.2) is 23.7 Å². The van der Waals surface area contributed by atoms with E-state index in [9.17, 15) is 9.59 Å². The highest BCUT2D eigenvalue weighted by Gasteiger charge is 2.31. The monoisotopic (exact) mass is 497 g/mol. The van der Waals surface area contributed by atoms with Gasteiger partial charge in [0.1, 0.15) is 5.52 Å². The van der Waals surface area contributed by atoms with E-state index in [0.29, 0.717) is 48.3 Å². The molecule has 35 heavy (non-hydrogen) atoms. The van der Waals surface area contributed by atoms with Gasteiger partial charge in [0.2, 0.25) is 17.8 Å². The normalized spacial score (nSPS) is 19.9. The number of nitrogens with one attached hydrogen (secondary N) is 3. The minimum atomic E-state index is -0.192. The van der Waals surface area contributed by atoms with Crippen LogP contribution in [0.3, 0.4) is 0 Å². The largest absolute Gasteiger partial charge is 0.493 e. The van der Waals surface area contributed by atoms with E-state index in [1.807, 2.05) is 23.1 Å². The third-order valence-electron chi connectivity index (χ3n) is 6.23. The van der Waals surface area contributed by atoms with Crippen LogP contribution in [0.2, 0.25) is 0 Å². The Morgan fingerprint density at radius 3 is 2.86 bits per heavy atom. The molecular weight excluding hydrogens is 470 g/mol. The number of carbonyl (C=O) groups is 2. The van der Waals surface area contributed by atoms with Crippen LogP contribution in [0.5, 0.6) is 11.5 Å². The predicted molar refractivity (Wildman–Crippen MR) is 133 cm³/mol. The van der Waals surface area contributed by atoms with Gasteiger partial charge >= 0.3 is 0 Å². The first-order valence-electron chi connectivity index (χ1n) is 11.5. The molecule has 2 saturated heterocycles. The minimum Gasteiger partial charge on any atom is -0.493 e. The lowest BCUT2D eigenvalue weighted by Gasteiger charge is -2.32. The van der Waals surface area contributed by atoms with Crippen LogP contribution in [0.1, 0.15) is 19.3 Å². The molecule has 2 aromatic heterocycles. The van der Waals surface area contributed by atoms with Gasteiger partial charge in [0.05, 0.1) is 31.7 Å². The third kappa shape index (κ3) is 4.92. The number of nitrogens with zero attached hydrogens (tertiary/aromatic N) is 4. The van der Waals surface area contributed by atoms with Gasteiger partial charge in [-0.1, -0.05) is 0 Å². The maximum Gasteiger partial charge on any atom is 0.228 e. The van der Waals surface area contributed by atoms with Crippen molar-refractivity contribution in [3.63, 3.8) is 0 Å². The first-order chi connectivity index (χ1) is 17.0. The van der Waals surface area contributed by atoms with Gasteiger partial charge in [-0.05, 0) is 25.0 Å². The molecule has 0 spiro atoms. The Kier molecular flexibility index (Phi) is 6.53. The van der Waals surface area contributed by atoms with E-state index < -0.39 is 0 Å². The zero-order valence-electron chi connectivity index (χ0n) is 19.5. The molecule has 1 aromatic carbocycles. The summed E-state index contributed by atoms with van der Waals surface area (Å²) >= 11 is 1.44. The summed E-state index contributed by atoms with van der Waals surface area (Å²) < 4.78 is 10.7. The van der Waals surface area contributed by atoms with E-state index in [4.69, 9.17) is 19.4 Å². The maximum atomic E-state index is 12.9. The molecule has 2 aliphatic rings. The van der Waals surface area contributed by atoms with Crippen LogP contribution < -0.4 is 30.3 Å². The summed E-state index contributed by atoms with van der Waals surface area (Å²) in [4.78, 5) is 41.1. The Morgan fingerprint density at radius 1 is 1.23 bits per heavy atom. The molecular formula is C23H27N7O4S. The van der Waals surface area contributed by atoms with Crippen molar-refractivity contribution in [1.29, 1.82) is 0 Å². The van der Waals surface area contributed by atoms with Gasteiger partial charge in [0, 0.05) is 37.8 Å². The first kappa shape index (κ1) is 23.1. The lowest BCUT2D eigenvalue weighted by Crippen LogP contribution is -2.47. The molecule has 4 heterocycles. The molecule has 3 aromatic rings. The van der Waals surface area contributed by atoms with E-state index in [0.717, 1.165) is 29.9 Å². The second-order valence-electron chi connectivity index (χ2n) is 8.57. The summed E-state index contributed by atoms with van der Waals surface area (Å²) in [5.41, 5.74) is 3.20. The summed E-state index contributed by atoms with van der Waals surface area (Å²) in [5.74, 6) is 2.13. The summed E-state index contributed by atoms with van der Waals surface area (Å²) in [6.07, 6.45) is 1.97. The number of fused-ring (bicyclic) bond motifs is 1. The van der Waals surface area contributed by atoms with Crippen molar-refractivity contribution < 1.29 is 19.1 Å². The van der Waals surface area contributed by atoms with Crippen molar-refractivity contribution in [3.8, 4) is 11.5 Å². The van der Waals surface area contributed by atoms with Crippen LogP contribution in [-0.4, -0.2) is 66.7 Å². The highest BCUT2D eigenvalue weighted by atomic mass is 32.1. The molecule has 2 fully saturated rings. The second kappa shape index (κ2) is 9.90. The van der Waals surface area contributed by atoms with Crippen molar-refractivity contribution >= 4 is 51.0 Å². The van der Waals surface area contributed by atoms with Gasteiger partial charge in [-0.2, -0.15) is 9.97 Å². The zero-order chi connectivity index (χ0) is 24.4. The van der Waals surface area contributed by atoms with Gasteiger partial charge in [-0.25, -0.2) is 4.98 Å². The summed E-state index contributed by atoms with van der Waals surface area (Å²) in [6, 6.07) is 5.39. The fourth-order valence-electron chi connectivity index (χ4n) is 4.43. The number of piperidine rings is 1. The van der Waals surface area contributed by atoms with Crippen LogP contribution >= 0.6 is 11.3 Å². The maximum absolute atomic E-state index is 12.9. The lowest BCUT2D eigenvalue weighted by atomic mass is 9.97. The van der Waals surface area contributed by atoms with Crippen molar-refractivity contribution in [1.82, 2.24) is 25.6 Å². The molecule has 2 atom stereocenters. The number of thiazole rings is 1. The average molecular weight is 498 g/mol. The molecule has 11 nitrogen and oxygen atoms in total.